The maximum atomic E-state index is 13.3. The van der Waals surface area contributed by atoms with Gasteiger partial charge in [0, 0.05) is 18.2 Å². The van der Waals surface area contributed by atoms with E-state index in [1.165, 1.54) is 31.7 Å². The van der Waals surface area contributed by atoms with Crippen LogP contribution >= 0.6 is 0 Å². The minimum atomic E-state index is -0.175. The third kappa shape index (κ3) is 5.15. The molecule has 0 unspecified atom stereocenters. The van der Waals surface area contributed by atoms with Crippen molar-refractivity contribution in [1.82, 2.24) is 5.32 Å². The molecular formula is C15H22FNO. The SMILES string of the molecule is Fc1ccccc1COCCCCCNC1CC1. The molecule has 0 amide bonds. The zero-order chi connectivity index (χ0) is 12.6. The molecule has 1 aromatic rings. The summed E-state index contributed by atoms with van der Waals surface area (Å²) in [5.41, 5.74) is 0.646. The first-order chi connectivity index (χ1) is 8.86. The van der Waals surface area contributed by atoms with E-state index in [9.17, 15) is 4.39 Å². The van der Waals surface area contributed by atoms with Crippen LogP contribution < -0.4 is 5.32 Å². The number of ether oxygens (including phenoxy) is 1. The van der Waals surface area contributed by atoms with E-state index < -0.39 is 0 Å². The number of unbranched alkanes of at least 4 members (excludes halogenated alkanes) is 2. The van der Waals surface area contributed by atoms with Crippen LogP contribution in [0.15, 0.2) is 24.3 Å². The van der Waals surface area contributed by atoms with Crippen molar-refractivity contribution in [3.05, 3.63) is 35.6 Å². The topological polar surface area (TPSA) is 21.3 Å². The number of hydrogen-bond donors (Lipinski definition) is 1. The van der Waals surface area contributed by atoms with E-state index in [0.717, 1.165) is 25.6 Å². The monoisotopic (exact) mass is 251 g/mol. The minimum Gasteiger partial charge on any atom is -0.377 e. The highest BCUT2D eigenvalue weighted by Crippen LogP contribution is 2.18. The summed E-state index contributed by atoms with van der Waals surface area (Å²) in [5.74, 6) is -0.175. The third-order valence-corrected chi connectivity index (χ3v) is 3.19. The number of hydrogen-bond acceptors (Lipinski definition) is 2. The standard InChI is InChI=1S/C15H22FNO/c16-15-7-3-2-6-13(15)12-18-11-5-1-4-10-17-14-8-9-14/h2-3,6-7,14,17H,1,4-5,8-12H2. The molecule has 0 spiro atoms. The molecule has 0 saturated heterocycles. The van der Waals surface area contributed by atoms with E-state index in [1.54, 1.807) is 12.1 Å². The molecule has 1 fully saturated rings. The van der Waals surface area contributed by atoms with Gasteiger partial charge in [0.25, 0.3) is 0 Å². The highest BCUT2D eigenvalue weighted by Gasteiger charge is 2.19. The van der Waals surface area contributed by atoms with Gasteiger partial charge in [0.1, 0.15) is 5.82 Å². The van der Waals surface area contributed by atoms with E-state index in [4.69, 9.17) is 4.74 Å². The van der Waals surface area contributed by atoms with Crippen LogP contribution in [0, 0.1) is 5.82 Å². The first-order valence-electron chi connectivity index (χ1n) is 6.91. The van der Waals surface area contributed by atoms with E-state index in [1.807, 2.05) is 6.07 Å². The van der Waals surface area contributed by atoms with Crippen molar-refractivity contribution in [2.75, 3.05) is 13.2 Å². The van der Waals surface area contributed by atoms with Crippen LogP contribution in [0.2, 0.25) is 0 Å². The molecule has 100 valence electrons. The van der Waals surface area contributed by atoms with Crippen molar-refractivity contribution in [1.29, 1.82) is 0 Å². The highest BCUT2D eigenvalue weighted by atomic mass is 19.1. The summed E-state index contributed by atoms with van der Waals surface area (Å²) in [7, 11) is 0. The average molecular weight is 251 g/mol. The number of rotatable bonds is 9. The van der Waals surface area contributed by atoms with Crippen molar-refractivity contribution in [3.63, 3.8) is 0 Å². The van der Waals surface area contributed by atoms with Gasteiger partial charge in [-0.15, -0.1) is 0 Å². The Bertz CT molecular complexity index is 352. The van der Waals surface area contributed by atoms with Crippen molar-refractivity contribution in [2.45, 2.75) is 44.8 Å². The summed E-state index contributed by atoms with van der Waals surface area (Å²) in [5, 5.41) is 3.49. The predicted octanol–water partition coefficient (Wildman–Crippen LogP) is 3.26. The molecule has 2 nitrogen and oxygen atoms in total. The minimum absolute atomic E-state index is 0.175. The molecule has 1 aromatic carbocycles. The quantitative estimate of drug-likeness (QED) is 0.680. The lowest BCUT2D eigenvalue weighted by molar-refractivity contribution is 0.114. The van der Waals surface area contributed by atoms with Crippen molar-refractivity contribution in [2.24, 2.45) is 0 Å². The zero-order valence-corrected chi connectivity index (χ0v) is 10.8. The van der Waals surface area contributed by atoms with Crippen LogP contribution in [0.3, 0.4) is 0 Å². The molecule has 3 heteroatoms. The fourth-order valence-corrected chi connectivity index (χ4v) is 1.90. The van der Waals surface area contributed by atoms with Gasteiger partial charge in [0.2, 0.25) is 0 Å². The van der Waals surface area contributed by atoms with Gasteiger partial charge < -0.3 is 10.1 Å². The second-order valence-electron chi connectivity index (χ2n) is 4.93. The summed E-state index contributed by atoms with van der Waals surface area (Å²) in [6.07, 6.45) is 6.15. The first-order valence-corrected chi connectivity index (χ1v) is 6.91. The zero-order valence-electron chi connectivity index (χ0n) is 10.8. The Morgan fingerprint density at radius 1 is 1.17 bits per heavy atom. The maximum absolute atomic E-state index is 13.3. The van der Waals surface area contributed by atoms with Crippen molar-refractivity contribution >= 4 is 0 Å². The normalized spacial score (nSPS) is 14.9. The van der Waals surface area contributed by atoms with E-state index in [-0.39, 0.29) is 5.82 Å². The van der Waals surface area contributed by atoms with Gasteiger partial charge in [0.05, 0.1) is 6.61 Å². The van der Waals surface area contributed by atoms with E-state index >= 15 is 0 Å². The molecule has 1 saturated carbocycles. The molecule has 0 aliphatic heterocycles. The summed E-state index contributed by atoms with van der Waals surface area (Å²) >= 11 is 0. The number of nitrogens with one attached hydrogen (secondary N) is 1. The molecule has 1 N–H and O–H groups in total. The Kier molecular flexibility index (Phi) is 5.62. The van der Waals surface area contributed by atoms with Crippen LogP contribution in [0.4, 0.5) is 4.39 Å². The fraction of sp³-hybridized carbons (Fsp3) is 0.600. The third-order valence-electron chi connectivity index (χ3n) is 3.19. The Morgan fingerprint density at radius 2 is 2.00 bits per heavy atom. The summed E-state index contributed by atoms with van der Waals surface area (Å²) in [4.78, 5) is 0. The Balaban J connectivity index is 1.44. The molecule has 0 atom stereocenters. The lowest BCUT2D eigenvalue weighted by atomic mass is 10.2. The second kappa shape index (κ2) is 7.49. The van der Waals surface area contributed by atoms with E-state index in [2.05, 4.69) is 5.32 Å². The average Bonchev–Trinajstić information content (AvgIpc) is 3.19. The largest absolute Gasteiger partial charge is 0.377 e. The van der Waals surface area contributed by atoms with Crippen molar-refractivity contribution in [3.8, 4) is 0 Å². The van der Waals surface area contributed by atoms with Gasteiger partial charge in [-0.1, -0.05) is 18.2 Å². The van der Waals surface area contributed by atoms with Gasteiger partial charge in [-0.3, -0.25) is 0 Å². The molecule has 0 aromatic heterocycles. The molecule has 18 heavy (non-hydrogen) atoms. The first kappa shape index (κ1) is 13.5. The van der Waals surface area contributed by atoms with Crippen LogP contribution in [0.25, 0.3) is 0 Å². The van der Waals surface area contributed by atoms with Gasteiger partial charge in [-0.2, -0.15) is 0 Å². The fourth-order valence-electron chi connectivity index (χ4n) is 1.90. The molecule has 2 rings (SSSR count). The van der Waals surface area contributed by atoms with Crippen LogP contribution in [0.5, 0.6) is 0 Å². The molecular weight excluding hydrogens is 229 g/mol. The Hall–Kier alpha value is -0.930. The summed E-state index contributed by atoms with van der Waals surface area (Å²) < 4.78 is 18.7. The van der Waals surface area contributed by atoms with Crippen LogP contribution in [0.1, 0.15) is 37.7 Å². The summed E-state index contributed by atoms with van der Waals surface area (Å²) in [6, 6.07) is 7.59. The van der Waals surface area contributed by atoms with Crippen LogP contribution in [-0.2, 0) is 11.3 Å². The molecule has 0 radical (unpaired) electrons. The lowest BCUT2D eigenvalue weighted by Crippen LogP contribution is -2.17. The van der Waals surface area contributed by atoms with Gasteiger partial charge >= 0.3 is 0 Å². The predicted molar refractivity (Wildman–Crippen MR) is 70.9 cm³/mol. The Morgan fingerprint density at radius 3 is 2.78 bits per heavy atom. The van der Waals surface area contributed by atoms with Gasteiger partial charge in [-0.25, -0.2) is 4.39 Å². The molecule has 0 heterocycles. The summed E-state index contributed by atoms with van der Waals surface area (Å²) in [6.45, 7) is 2.22. The second-order valence-corrected chi connectivity index (χ2v) is 4.93. The molecule has 1 aliphatic rings. The smallest absolute Gasteiger partial charge is 0.128 e. The number of benzene rings is 1. The van der Waals surface area contributed by atoms with Gasteiger partial charge in [-0.05, 0) is 44.7 Å². The Labute approximate surface area is 109 Å². The van der Waals surface area contributed by atoms with Crippen LogP contribution in [-0.4, -0.2) is 19.2 Å². The van der Waals surface area contributed by atoms with Gasteiger partial charge in [0.15, 0.2) is 0 Å². The van der Waals surface area contributed by atoms with E-state index in [0.29, 0.717) is 12.2 Å². The maximum Gasteiger partial charge on any atom is 0.128 e. The number of halogens is 1. The highest BCUT2D eigenvalue weighted by molar-refractivity contribution is 5.16. The lowest BCUT2D eigenvalue weighted by Gasteiger charge is -2.06. The molecule has 0 bridgehead atoms. The molecule has 1 aliphatic carbocycles. The van der Waals surface area contributed by atoms with Crippen molar-refractivity contribution < 1.29 is 9.13 Å².